The first-order valence-electron chi connectivity index (χ1n) is 14.0. The molecule has 9 nitrogen and oxygen atoms in total. The van der Waals surface area contributed by atoms with Crippen molar-refractivity contribution in [3.63, 3.8) is 0 Å². The number of amides is 3. The molecule has 0 saturated carbocycles. The van der Waals surface area contributed by atoms with E-state index < -0.39 is 30.4 Å². The molecular formula is C31H27F5N6O3S. The Morgan fingerprint density at radius 2 is 1.74 bits per heavy atom. The van der Waals surface area contributed by atoms with Crippen LogP contribution in [0.1, 0.15) is 44.0 Å². The summed E-state index contributed by atoms with van der Waals surface area (Å²) >= 11 is 1.06. The SMILES string of the molecule is CC(C)c1cc(F)ccc1N1C(=O)CS/C1=N\C(=O)NC(C)C(F)c1ccc(-c2ncn(-c3ccc(OC(F)(F)F)cc3)n2)cc1. The average Bonchev–Trinajstić information content (AvgIpc) is 3.63. The number of rotatable bonds is 8. The van der Waals surface area contributed by atoms with E-state index in [0.29, 0.717) is 28.3 Å². The zero-order valence-electron chi connectivity index (χ0n) is 24.6. The fraction of sp³-hybridized carbons (Fsp3) is 0.258. The van der Waals surface area contributed by atoms with Crippen LogP contribution >= 0.6 is 11.8 Å². The predicted molar refractivity (Wildman–Crippen MR) is 163 cm³/mol. The number of urea groups is 1. The van der Waals surface area contributed by atoms with Gasteiger partial charge >= 0.3 is 12.4 Å². The summed E-state index contributed by atoms with van der Waals surface area (Å²) in [4.78, 5) is 35.0. The van der Waals surface area contributed by atoms with Gasteiger partial charge in [-0.3, -0.25) is 9.69 Å². The summed E-state index contributed by atoms with van der Waals surface area (Å²) in [5.41, 5.74) is 2.29. The zero-order chi connectivity index (χ0) is 33.2. The maximum atomic E-state index is 15.4. The lowest BCUT2D eigenvalue weighted by Gasteiger charge is -2.22. The number of hydrogen-bond donors (Lipinski definition) is 1. The normalized spacial score (nSPS) is 15.8. The Morgan fingerprint density at radius 1 is 1.04 bits per heavy atom. The van der Waals surface area contributed by atoms with Gasteiger partial charge in [0.2, 0.25) is 5.91 Å². The molecule has 3 amide bonds. The molecule has 1 aliphatic rings. The number of hydrogen-bond acceptors (Lipinski definition) is 6. The number of ether oxygens (including phenoxy) is 1. The van der Waals surface area contributed by atoms with Gasteiger partial charge in [-0.15, -0.1) is 18.3 Å². The van der Waals surface area contributed by atoms with Crippen LogP contribution in [0, 0.1) is 5.82 Å². The lowest BCUT2D eigenvalue weighted by molar-refractivity contribution is -0.274. The number of halogens is 5. The molecule has 46 heavy (non-hydrogen) atoms. The molecule has 1 aliphatic heterocycles. The quantitative estimate of drug-likeness (QED) is 0.199. The van der Waals surface area contributed by atoms with Crippen molar-refractivity contribution in [3.8, 4) is 22.8 Å². The number of amidine groups is 1. The van der Waals surface area contributed by atoms with E-state index in [2.05, 4.69) is 25.1 Å². The summed E-state index contributed by atoms with van der Waals surface area (Å²) in [6.07, 6.45) is -5.02. The molecule has 2 heterocycles. The number of nitrogens with zero attached hydrogens (tertiary/aromatic N) is 5. The molecular weight excluding hydrogens is 631 g/mol. The Kier molecular flexibility index (Phi) is 9.42. The molecule has 1 saturated heterocycles. The monoisotopic (exact) mass is 658 g/mol. The second-order valence-electron chi connectivity index (χ2n) is 10.6. The molecule has 0 spiro atoms. The fourth-order valence-corrected chi connectivity index (χ4v) is 5.54. The molecule has 0 radical (unpaired) electrons. The third kappa shape index (κ3) is 7.53. The molecule has 1 aromatic heterocycles. The fourth-order valence-electron chi connectivity index (χ4n) is 4.69. The van der Waals surface area contributed by atoms with Crippen molar-refractivity contribution >= 4 is 34.6 Å². The Balaban J connectivity index is 1.23. The van der Waals surface area contributed by atoms with Gasteiger partial charge in [0.05, 0.1) is 23.2 Å². The van der Waals surface area contributed by atoms with Crippen LogP contribution in [0.2, 0.25) is 0 Å². The molecule has 0 bridgehead atoms. The maximum absolute atomic E-state index is 15.4. The lowest BCUT2D eigenvalue weighted by atomic mass is 10.0. The highest BCUT2D eigenvalue weighted by atomic mass is 32.2. The van der Waals surface area contributed by atoms with Crippen molar-refractivity contribution in [3.05, 3.63) is 90.0 Å². The Bertz CT molecular complexity index is 1760. The molecule has 3 aromatic carbocycles. The van der Waals surface area contributed by atoms with Gasteiger partial charge in [-0.2, -0.15) is 4.99 Å². The van der Waals surface area contributed by atoms with Crippen molar-refractivity contribution in [1.82, 2.24) is 20.1 Å². The second kappa shape index (κ2) is 13.3. The number of aromatic nitrogens is 3. The average molecular weight is 659 g/mol. The van der Waals surface area contributed by atoms with Crippen LogP contribution in [-0.2, 0) is 4.79 Å². The number of thioether (sulfide) groups is 1. The largest absolute Gasteiger partial charge is 0.573 e. The van der Waals surface area contributed by atoms with Crippen LogP contribution in [0.5, 0.6) is 5.75 Å². The summed E-state index contributed by atoms with van der Waals surface area (Å²) < 4.78 is 71.8. The Hall–Kier alpha value is -4.79. The summed E-state index contributed by atoms with van der Waals surface area (Å²) in [7, 11) is 0. The van der Waals surface area contributed by atoms with E-state index in [9.17, 15) is 27.2 Å². The van der Waals surface area contributed by atoms with Gasteiger partial charge in [0, 0.05) is 5.56 Å². The number of alkyl halides is 4. The van der Waals surface area contributed by atoms with E-state index in [-0.39, 0.29) is 34.1 Å². The highest BCUT2D eigenvalue weighted by Crippen LogP contribution is 2.34. The summed E-state index contributed by atoms with van der Waals surface area (Å²) in [6, 6.07) is 13.6. The van der Waals surface area contributed by atoms with E-state index in [1.54, 1.807) is 12.1 Å². The molecule has 0 aliphatic carbocycles. The van der Waals surface area contributed by atoms with Crippen LogP contribution in [0.15, 0.2) is 78.0 Å². The van der Waals surface area contributed by atoms with Gasteiger partial charge in [0.1, 0.15) is 24.1 Å². The molecule has 2 unspecified atom stereocenters. The predicted octanol–water partition coefficient (Wildman–Crippen LogP) is 7.34. The highest BCUT2D eigenvalue weighted by Gasteiger charge is 2.33. The number of benzene rings is 3. The van der Waals surface area contributed by atoms with Crippen molar-refractivity contribution in [1.29, 1.82) is 0 Å². The smallest absolute Gasteiger partial charge is 0.406 e. The molecule has 1 N–H and O–H groups in total. The van der Waals surface area contributed by atoms with Crippen LogP contribution in [-0.4, -0.2) is 50.0 Å². The van der Waals surface area contributed by atoms with Crippen LogP contribution in [0.25, 0.3) is 17.1 Å². The maximum Gasteiger partial charge on any atom is 0.573 e. The molecule has 4 aromatic rings. The van der Waals surface area contributed by atoms with Crippen LogP contribution in [0.4, 0.5) is 32.4 Å². The molecule has 1 fully saturated rings. The minimum absolute atomic E-state index is 0.0466. The molecule has 240 valence electrons. The molecule has 2 atom stereocenters. The van der Waals surface area contributed by atoms with E-state index in [4.69, 9.17) is 0 Å². The first-order chi connectivity index (χ1) is 21.8. The van der Waals surface area contributed by atoms with Gasteiger partial charge in [-0.25, -0.2) is 23.2 Å². The van der Waals surface area contributed by atoms with Gasteiger partial charge in [-0.05, 0) is 66.4 Å². The minimum atomic E-state index is -4.80. The molecule has 5 rings (SSSR count). The van der Waals surface area contributed by atoms with Crippen molar-refractivity contribution in [2.45, 2.75) is 45.3 Å². The first-order valence-corrected chi connectivity index (χ1v) is 14.9. The van der Waals surface area contributed by atoms with E-state index in [0.717, 1.165) is 23.9 Å². The van der Waals surface area contributed by atoms with Crippen molar-refractivity contribution in [2.75, 3.05) is 10.7 Å². The number of anilines is 1. The minimum Gasteiger partial charge on any atom is -0.406 e. The van der Waals surface area contributed by atoms with Gasteiger partial charge in [-0.1, -0.05) is 49.9 Å². The first kappa shape index (κ1) is 32.6. The van der Waals surface area contributed by atoms with Crippen LogP contribution in [0.3, 0.4) is 0 Å². The van der Waals surface area contributed by atoms with E-state index >= 15 is 4.39 Å². The third-order valence-electron chi connectivity index (χ3n) is 6.92. The van der Waals surface area contributed by atoms with Gasteiger partial charge in [0.15, 0.2) is 11.0 Å². The lowest BCUT2D eigenvalue weighted by Crippen LogP contribution is -2.36. The summed E-state index contributed by atoms with van der Waals surface area (Å²) in [5, 5.41) is 6.96. The number of carbonyl (C=O) groups is 2. The standard InChI is InChI=1S/C31H27F5N6O3S/c1-17(2)24-14-21(32)8-13-25(24)42-26(43)15-46-30(42)39-29(44)38-18(3)27(33)19-4-6-20(7-5-19)28-37-16-41(40-28)22-9-11-23(12-10-22)45-31(34,35)36/h4-14,16-18,27H,15H2,1-3H3,(H,38,44)/b39-30-. The molecule has 15 heteroatoms. The van der Waals surface area contributed by atoms with E-state index in [1.807, 2.05) is 13.8 Å². The number of carbonyl (C=O) groups excluding carboxylic acids is 2. The second-order valence-corrected chi connectivity index (χ2v) is 11.5. The van der Waals surface area contributed by atoms with Crippen LogP contribution < -0.4 is 15.0 Å². The number of aliphatic imine (C=N–C) groups is 1. The van der Waals surface area contributed by atoms with Crippen molar-refractivity contribution in [2.24, 2.45) is 4.99 Å². The Morgan fingerprint density at radius 3 is 2.39 bits per heavy atom. The van der Waals surface area contributed by atoms with Gasteiger partial charge < -0.3 is 10.1 Å². The Labute approximate surface area is 264 Å². The summed E-state index contributed by atoms with van der Waals surface area (Å²) in [6.45, 7) is 5.19. The third-order valence-corrected chi connectivity index (χ3v) is 7.84. The van der Waals surface area contributed by atoms with Gasteiger partial charge in [0.25, 0.3) is 0 Å². The summed E-state index contributed by atoms with van der Waals surface area (Å²) in [5.74, 6) is -0.890. The highest BCUT2D eigenvalue weighted by molar-refractivity contribution is 8.15. The number of nitrogens with one attached hydrogen (secondary N) is 1. The zero-order valence-corrected chi connectivity index (χ0v) is 25.4. The van der Waals surface area contributed by atoms with Crippen molar-refractivity contribution < 1.29 is 36.3 Å². The van der Waals surface area contributed by atoms with E-state index in [1.165, 1.54) is 65.3 Å². The topological polar surface area (TPSA) is 102 Å².